The van der Waals surface area contributed by atoms with E-state index in [0.29, 0.717) is 5.95 Å². The molecule has 1 aliphatic rings. The number of hydrogen-bond donors (Lipinski definition) is 2. The van der Waals surface area contributed by atoms with Crippen molar-refractivity contribution in [2.45, 2.75) is 45.2 Å². The minimum absolute atomic E-state index is 0.201. The number of aromatic nitrogens is 4. The molecule has 1 fully saturated rings. The Morgan fingerprint density at radius 2 is 2.11 bits per heavy atom. The Balaban J connectivity index is 1.51. The first-order valence-corrected chi connectivity index (χ1v) is 9.67. The van der Waals surface area contributed by atoms with Crippen LogP contribution in [0.4, 0.5) is 10.3 Å². The summed E-state index contributed by atoms with van der Waals surface area (Å²) in [6, 6.07) is 4.90. The molecule has 27 heavy (non-hydrogen) atoms. The van der Waals surface area contributed by atoms with E-state index >= 15 is 0 Å². The van der Waals surface area contributed by atoms with E-state index in [9.17, 15) is 4.39 Å². The van der Waals surface area contributed by atoms with Gasteiger partial charge in [-0.3, -0.25) is 4.90 Å². The number of rotatable bonds is 6. The van der Waals surface area contributed by atoms with Gasteiger partial charge in [-0.2, -0.15) is 0 Å². The average Bonchev–Trinajstić information content (AvgIpc) is 3.11. The summed E-state index contributed by atoms with van der Waals surface area (Å²) in [7, 11) is 0. The smallest absolute Gasteiger partial charge is 0.222 e. The van der Waals surface area contributed by atoms with Crippen LogP contribution < -0.4 is 5.32 Å². The van der Waals surface area contributed by atoms with Crippen molar-refractivity contribution < 1.29 is 4.39 Å². The molecule has 4 rings (SSSR count). The fourth-order valence-corrected chi connectivity index (χ4v) is 3.65. The van der Waals surface area contributed by atoms with Crippen LogP contribution in [0.3, 0.4) is 0 Å². The second-order valence-corrected chi connectivity index (χ2v) is 7.11. The normalized spacial score (nSPS) is 18.1. The van der Waals surface area contributed by atoms with Crippen molar-refractivity contribution in [3.8, 4) is 0 Å². The van der Waals surface area contributed by atoms with Gasteiger partial charge in [-0.1, -0.05) is 13.3 Å². The Labute approximate surface area is 158 Å². The van der Waals surface area contributed by atoms with Gasteiger partial charge in [0.05, 0.1) is 17.1 Å². The second kappa shape index (κ2) is 8.00. The van der Waals surface area contributed by atoms with Gasteiger partial charge in [-0.25, -0.2) is 19.3 Å². The van der Waals surface area contributed by atoms with Crippen LogP contribution in [0.25, 0.3) is 11.0 Å². The van der Waals surface area contributed by atoms with Gasteiger partial charge in [0.1, 0.15) is 11.6 Å². The summed E-state index contributed by atoms with van der Waals surface area (Å²) in [5.74, 6) is 1.35. The summed E-state index contributed by atoms with van der Waals surface area (Å²) in [6.07, 6.45) is 8.21. The summed E-state index contributed by atoms with van der Waals surface area (Å²) in [5.41, 5.74) is 2.66. The van der Waals surface area contributed by atoms with Gasteiger partial charge in [0.15, 0.2) is 0 Å². The lowest BCUT2D eigenvalue weighted by Crippen LogP contribution is -2.33. The van der Waals surface area contributed by atoms with Crippen LogP contribution in [0, 0.1) is 5.82 Å². The van der Waals surface area contributed by atoms with Crippen LogP contribution in [0.5, 0.6) is 0 Å². The molecule has 0 saturated carbocycles. The number of hydrogen-bond acceptors (Lipinski definition) is 5. The lowest BCUT2D eigenvalue weighted by Gasteiger charge is -2.34. The van der Waals surface area contributed by atoms with Gasteiger partial charge in [-0.15, -0.1) is 0 Å². The fourth-order valence-electron chi connectivity index (χ4n) is 3.65. The van der Waals surface area contributed by atoms with Gasteiger partial charge < -0.3 is 10.3 Å². The van der Waals surface area contributed by atoms with E-state index in [4.69, 9.17) is 4.98 Å². The molecule has 142 valence electrons. The van der Waals surface area contributed by atoms with E-state index in [1.54, 1.807) is 6.07 Å². The molecule has 6 nitrogen and oxygen atoms in total. The van der Waals surface area contributed by atoms with E-state index in [1.807, 2.05) is 12.4 Å². The van der Waals surface area contributed by atoms with Crippen LogP contribution in [-0.2, 0) is 6.54 Å². The SMILES string of the molecule is CCCNc1ncc(CN2CCCC[C@H]2c2nc3ccc(F)cc3[nH]2)cn1. The van der Waals surface area contributed by atoms with Crippen molar-refractivity contribution in [1.82, 2.24) is 24.8 Å². The van der Waals surface area contributed by atoms with E-state index in [0.717, 1.165) is 54.9 Å². The molecule has 0 unspecified atom stereocenters. The van der Waals surface area contributed by atoms with Crippen molar-refractivity contribution in [2.75, 3.05) is 18.4 Å². The molecule has 1 aromatic carbocycles. The Morgan fingerprint density at radius 3 is 2.93 bits per heavy atom. The van der Waals surface area contributed by atoms with Crippen molar-refractivity contribution in [2.24, 2.45) is 0 Å². The van der Waals surface area contributed by atoms with Crippen molar-refractivity contribution in [1.29, 1.82) is 0 Å². The number of nitrogens with zero attached hydrogens (tertiary/aromatic N) is 4. The first-order valence-electron chi connectivity index (χ1n) is 9.67. The molecule has 1 atom stereocenters. The number of nitrogens with one attached hydrogen (secondary N) is 2. The second-order valence-electron chi connectivity index (χ2n) is 7.11. The van der Waals surface area contributed by atoms with Crippen molar-refractivity contribution >= 4 is 17.0 Å². The number of imidazole rings is 1. The molecule has 0 radical (unpaired) electrons. The third-order valence-corrected chi connectivity index (χ3v) is 5.02. The van der Waals surface area contributed by atoms with E-state index < -0.39 is 0 Å². The number of anilines is 1. The van der Waals surface area contributed by atoms with Gasteiger partial charge in [0.2, 0.25) is 5.95 Å². The molecule has 3 aromatic rings. The number of halogens is 1. The summed E-state index contributed by atoms with van der Waals surface area (Å²) >= 11 is 0. The summed E-state index contributed by atoms with van der Waals surface area (Å²) in [6.45, 7) is 4.78. The number of fused-ring (bicyclic) bond motifs is 1. The molecular weight excluding hydrogens is 343 g/mol. The fraction of sp³-hybridized carbons (Fsp3) is 0.450. The van der Waals surface area contributed by atoms with Gasteiger partial charge in [0.25, 0.3) is 0 Å². The largest absolute Gasteiger partial charge is 0.354 e. The molecule has 2 aromatic heterocycles. The quantitative estimate of drug-likeness (QED) is 0.687. The van der Waals surface area contributed by atoms with E-state index in [-0.39, 0.29) is 11.9 Å². The zero-order valence-electron chi connectivity index (χ0n) is 15.6. The molecule has 7 heteroatoms. The molecular formula is C20H25FN6. The zero-order valence-corrected chi connectivity index (χ0v) is 15.6. The van der Waals surface area contributed by atoms with Crippen molar-refractivity contribution in [3.63, 3.8) is 0 Å². The van der Waals surface area contributed by atoms with Crippen LogP contribution in [0.15, 0.2) is 30.6 Å². The number of benzene rings is 1. The molecule has 1 saturated heterocycles. The van der Waals surface area contributed by atoms with Gasteiger partial charge in [0, 0.05) is 31.0 Å². The monoisotopic (exact) mass is 368 g/mol. The Kier molecular flexibility index (Phi) is 5.29. The number of H-pyrrole nitrogens is 1. The van der Waals surface area contributed by atoms with Gasteiger partial charge >= 0.3 is 0 Å². The highest BCUT2D eigenvalue weighted by Crippen LogP contribution is 2.31. The van der Waals surface area contributed by atoms with Gasteiger partial charge in [-0.05, 0) is 44.0 Å². The number of piperidine rings is 1. The highest BCUT2D eigenvalue weighted by Gasteiger charge is 2.26. The average molecular weight is 368 g/mol. The van der Waals surface area contributed by atoms with E-state index in [1.165, 1.54) is 25.0 Å². The first kappa shape index (κ1) is 17.9. The highest BCUT2D eigenvalue weighted by atomic mass is 19.1. The van der Waals surface area contributed by atoms with Crippen LogP contribution in [-0.4, -0.2) is 37.9 Å². The molecule has 0 aliphatic carbocycles. The van der Waals surface area contributed by atoms with Crippen LogP contribution in [0.2, 0.25) is 0 Å². The van der Waals surface area contributed by atoms with Crippen LogP contribution in [0.1, 0.15) is 50.0 Å². The molecule has 3 heterocycles. The minimum Gasteiger partial charge on any atom is -0.354 e. The Bertz CT molecular complexity index is 891. The molecule has 2 N–H and O–H groups in total. The zero-order chi connectivity index (χ0) is 18.6. The molecule has 0 spiro atoms. The lowest BCUT2D eigenvalue weighted by atomic mass is 10.0. The molecule has 0 amide bonds. The first-order chi connectivity index (χ1) is 13.2. The topological polar surface area (TPSA) is 69.7 Å². The maximum absolute atomic E-state index is 13.5. The molecule has 1 aliphatic heterocycles. The Hall–Kier alpha value is -2.54. The highest BCUT2D eigenvalue weighted by molar-refractivity contribution is 5.75. The van der Waals surface area contributed by atoms with Crippen LogP contribution >= 0.6 is 0 Å². The summed E-state index contributed by atoms with van der Waals surface area (Å²) < 4.78 is 13.5. The third-order valence-electron chi connectivity index (χ3n) is 5.02. The lowest BCUT2D eigenvalue weighted by molar-refractivity contribution is 0.134. The van der Waals surface area contributed by atoms with Crippen molar-refractivity contribution in [3.05, 3.63) is 47.8 Å². The number of aromatic amines is 1. The predicted octanol–water partition coefficient (Wildman–Crippen LogP) is 4.04. The van der Waals surface area contributed by atoms with E-state index in [2.05, 4.69) is 32.1 Å². The standard InChI is InChI=1S/C20H25FN6/c1-2-8-22-20-23-11-14(12-24-20)13-27-9-4-3-5-18(27)19-25-16-7-6-15(21)10-17(16)26-19/h6-7,10-12,18H,2-5,8-9,13H2,1H3,(H,25,26)(H,22,23,24)/t18-/m0/s1. The summed E-state index contributed by atoms with van der Waals surface area (Å²) in [5, 5.41) is 3.20. The summed E-state index contributed by atoms with van der Waals surface area (Å²) in [4.78, 5) is 19.3. The third kappa shape index (κ3) is 4.08. The molecule has 0 bridgehead atoms. The maximum atomic E-state index is 13.5. The number of likely N-dealkylation sites (tertiary alicyclic amines) is 1. The minimum atomic E-state index is -0.243. The maximum Gasteiger partial charge on any atom is 0.222 e. The predicted molar refractivity (Wildman–Crippen MR) is 104 cm³/mol. The Morgan fingerprint density at radius 1 is 1.26 bits per heavy atom.